The Morgan fingerprint density at radius 2 is 2.00 bits per heavy atom. The van der Waals surface area contributed by atoms with E-state index < -0.39 is 0 Å². The molecule has 22 heavy (non-hydrogen) atoms. The summed E-state index contributed by atoms with van der Waals surface area (Å²) in [6, 6.07) is 10.3. The molecule has 0 aliphatic heterocycles. The number of hydrogen-bond donors (Lipinski definition) is 2. The maximum absolute atomic E-state index is 9.46. The lowest BCUT2D eigenvalue weighted by Gasteiger charge is -2.16. The molecule has 1 aromatic carbocycles. The van der Waals surface area contributed by atoms with Gasteiger partial charge in [-0.2, -0.15) is 0 Å². The van der Waals surface area contributed by atoms with Crippen LogP contribution >= 0.6 is 11.3 Å². The summed E-state index contributed by atoms with van der Waals surface area (Å²) in [6.45, 7) is 4.03. The van der Waals surface area contributed by atoms with Crippen molar-refractivity contribution in [2.45, 2.75) is 26.3 Å². The molecule has 2 aromatic heterocycles. The van der Waals surface area contributed by atoms with Crippen molar-refractivity contribution in [2.75, 3.05) is 11.9 Å². The number of aliphatic hydroxyl groups is 1. The van der Waals surface area contributed by atoms with Crippen LogP contribution in [-0.2, 0) is 0 Å². The van der Waals surface area contributed by atoms with Crippen LogP contribution in [0.5, 0.6) is 0 Å². The molecule has 0 aliphatic rings. The van der Waals surface area contributed by atoms with E-state index >= 15 is 0 Å². The molecule has 2 N–H and O–H groups in total. The Morgan fingerprint density at radius 1 is 1.23 bits per heavy atom. The zero-order valence-corrected chi connectivity index (χ0v) is 13.5. The van der Waals surface area contributed by atoms with Crippen LogP contribution in [0.15, 0.2) is 35.7 Å². The third kappa shape index (κ3) is 2.82. The monoisotopic (exact) mass is 313 g/mol. The van der Waals surface area contributed by atoms with Crippen molar-refractivity contribution in [1.82, 2.24) is 9.97 Å². The van der Waals surface area contributed by atoms with Gasteiger partial charge >= 0.3 is 0 Å². The van der Waals surface area contributed by atoms with Crippen LogP contribution in [0.4, 0.5) is 5.82 Å². The van der Waals surface area contributed by atoms with Crippen LogP contribution in [-0.4, -0.2) is 27.7 Å². The lowest BCUT2D eigenvalue weighted by Crippen LogP contribution is -2.23. The fourth-order valence-corrected chi connectivity index (χ4v) is 3.45. The number of fused-ring (bicyclic) bond motifs is 1. The Balaban J connectivity index is 2.16. The topological polar surface area (TPSA) is 58.0 Å². The first-order valence-corrected chi connectivity index (χ1v) is 8.29. The van der Waals surface area contributed by atoms with Gasteiger partial charge in [0.2, 0.25) is 0 Å². The van der Waals surface area contributed by atoms with E-state index in [2.05, 4.69) is 32.8 Å². The molecular formula is C17H19N3OS. The van der Waals surface area contributed by atoms with Crippen molar-refractivity contribution in [2.24, 2.45) is 0 Å². The minimum atomic E-state index is 0.000948. The van der Waals surface area contributed by atoms with Gasteiger partial charge in [0.25, 0.3) is 0 Å². The average Bonchev–Trinajstić information content (AvgIpc) is 2.97. The molecule has 1 atom stereocenters. The van der Waals surface area contributed by atoms with Crippen molar-refractivity contribution in [3.63, 3.8) is 0 Å². The maximum Gasteiger partial charge on any atom is 0.139 e. The third-order valence-corrected chi connectivity index (χ3v) is 4.56. The fraction of sp³-hybridized carbons (Fsp3) is 0.294. The largest absolute Gasteiger partial charge is 0.394 e. The Morgan fingerprint density at radius 3 is 2.68 bits per heavy atom. The van der Waals surface area contributed by atoms with E-state index in [-0.39, 0.29) is 12.6 Å². The second-order valence-electron chi connectivity index (χ2n) is 5.25. The Labute approximate surface area is 133 Å². The predicted molar refractivity (Wildman–Crippen MR) is 92.4 cm³/mol. The number of nitrogens with zero attached hydrogens (tertiary/aromatic N) is 2. The Hall–Kier alpha value is -1.98. The second-order valence-corrected chi connectivity index (χ2v) is 6.11. The first-order valence-electron chi connectivity index (χ1n) is 7.41. The second kappa shape index (κ2) is 6.42. The summed E-state index contributed by atoms with van der Waals surface area (Å²) in [4.78, 5) is 10.1. The normalized spacial score (nSPS) is 12.5. The summed E-state index contributed by atoms with van der Waals surface area (Å²) in [6.07, 6.45) is 0.839. The van der Waals surface area contributed by atoms with Crippen molar-refractivity contribution in [3.05, 3.63) is 41.5 Å². The highest BCUT2D eigenvalue weighted by molar-refractivity contribution is 7.17. The number of aromatic nitrogens is 2. The number of anilines is 1. The Bertz CT molecular complexity index is 766. The van der Waals surface area contributed by atoms with Crippen LogP contribution in [0.3, 0.4) is 0 Å². The number of aliphatic hydroxyl groups excluding tert-OH is 1. The van der Waals surface area contributed by atoms with Crippen molar-refractivity contribution in [1.29, 1.82) is 0 Å². The molecule has 3 rings (SSSR count). The van der Waals surface area contributed by atoms with Gasteiger partial charge in [-0.3, -0.25) is 0 Å². The zero-order chi connectivity index (χ0) is 15.5. The van der Waals surface area contributed by atoms with Gasteiger partial charge < -0.3 is 10.4 Å². The molecule has 5 heteroatoms. The molecular weight excluding hydrogens is 294 g/mol. The van der Waals surface area contributed by atoms with E-state index in [0.29, 0.717) is 0 Å². The smallest absolute Gasteiger partial charge is 0.139 e. The quantitative estimate of drug-likeness (QED) is 0.751. The highest BCUT2D eigenvalue weighted by Crippen LogP contribution is 2.37. The van der Waals surface area contributed by atoms with Crippen molar-refractivity contribution in [3.8, 4) is 11.1 Å². The fourth-order valence-electron chi connectivity index (χ4n) is 2.45. The molecule has 0 bridgehead atoms. The van der Waals surface area contributed by atoms with E-state index in [0.717, 1.165) is 39.4 Å². The molecule has 2 heterocycles. The maximum atomic E-state index is 9.46. The van der Waals surface area contributed by atoms with Gasteiger partial charge in [-0.15, -0.1) is 11.3 Å². The molecule has 0 saturated carbocycles. The molecule has 4 nitrogen and oxygen atoms in total. The van der Waals surface area contributed by atoms with Crippen LogP contribution in [0.25, 0.3) is 21.3 Å². The number of benzene rings is 1. The number of hydrogen-bond acceptors (Lipinski definition) is 5. The molecule has 3 aromatic rings. The molecule has 0 radical (unpaired) electrons. The molecule has 0 unspecified atom stereocenters. The third-order valence-electron chi connectivity index (χ3n) is 3.68. The van der Waals surface area contributed by atoms with Gasteiger partial charge in [0, 0.05) is 10.9 Å². The Kier molecular flexibility index (Phi) is 4.36. The first-order chi connectivity index (χ1) is 10.7. The van der Waals surface area contributed by atoms with E-state index in [1.807, 2.05) is 32.0 Å². The highest BCUT2D eigenvalue weighted by Gasteiger charge is 2.16. The van der Waals surface area contributed by atoms with Gasteiger partial charge in [-0.1, -0.05) is 37.3 Å². The number of thiophene rings is 1. The van der Waals surface area contributed by atoms with Crippen LogP contribution in [0, 0.1) is 6.92 Å². The summed E-state index contributed by atoms with van der Waals surface area (Å²) in [5.41, 5.74) is 2.29. The molecule has 0 amide bonds. The first kappa shape index (κ1) is 14.9. The standard InChI is InChI=1S/C17H19N3OS/c1-3-13(9-21)20-16-15-14(12-7-5-4-6-8-12)10-22-17(15)19-11(2)18-16/h4-8,10,13,21H,3,9H2,1-2H3,(H,18,19,20)/t13-/m1/s1. The van der Waals surface area contributed by atoms with Crippen molar-refractivity contribution < 1.29 is 5.11 Å². The summed E-state index contributed by atoms with van der Waals surface area (Å²) >= 11 is 1.63. The molecule has 0 aliphatic carbocycles. The SMILES string of the molecule is CC[C@H](CO)Nc1nc(C)nc2scc(-c3ccccc3)c12. The molecule has 0 spiro atoms. The lowest BCUT2D eigenvalue weighted by molar-refractivity contribution is 0.271. The molecule has 114 valence electrons. The van der Waals surface area contributed by atoms with Gasteiger partial charge in [-0.05, 0) is 18.9 Å². The van der Waals surface area contributed by atoms with E-state index in [4.69, 9.17) is 0 Å². The summed E-state index contributed by atoms with van der Waals surface area (Å²) < 4.78 is 0. The summed E-state index contributed by atoms with van der Waals surface area (Å²) in [7, 11) is 0. The number of aryl methyl sites for hydroxylation is 1. The van der Waals surface area contributed by atoms with Gasteiger partial charge in [0.05, 0.1) is 18.0 Å². The van der Waals surface area contributed by atoms with Crippen molar-refractivity contribution >= 4 is 27.4 Å². The van der Waals surface area contributed by atoms with Crippen LogP contribution in [0.2, 0.25) is 0 Å². The minimum Gasteiger partial charge on any atom is -0.394 e. The summed E-state index contributed by atoms with van der Waals surface area (Å²) in [5.74, 6) is 1.55. The number of nitrogens with one attached hydrogen (secondary N) is 1. The van der Waals surface area contributed by atoms with Gasteiger partial charge in [0.15, 0.2) is 0 Å². The minimum absolute atomic E-state index is 0.000948. The molecule has 0 saturated heterocycles. The van der Waals surface area contributed by atoms with E-state index in [1.54, 1.807) is 11.3 Å². The van der Waals surface area contributed by atoms with Crippen LogP contribution < -0.4 is 5.32 Å². The van der Waals surface area contributed by atoms with Gasteiger partial charge in [-0.25, -0.2) is 9.97 Å². The summed E-state index contributed by atoms with van der Waals surface area (Å²) in [5, 5.41) is 16.0. The van der Waals surface area contributed by atoms with E-state index in [9.17, 15) is 5.11 Å². The lowest BCUT2D eigenvalue weighted by atomic mass is 10.1. The predicted octanol–water partition coefficient (Wildman–Crippen LogP) is 3.85. The highest BCUT2D eigenvalue weighted by atomic mass is 32.1. The van der Waals surface area contributed by atoms with Crippen LogP contribution in [0.1, 0.15) is 19.2 Å². The average molecular weight is 313 g/mol. The molecule has 0 fully saturated rings. The number of rotatable bonds is 5. The zero-order valence-electron chi connectivity index (χ0n) is 12.7. The van der Waals surface area contributed by atoms with E-state index in [1.165, 1.54) is 0 Å². The van der Waals surface area contributed by atoms with Gasteiger partial charge in [0.1, 0.15) is 16.5 Å².